The van der Waals surface area contributed by atoms with Gasteiger partial charge in [-0.1, -0.05) is 0 Å². The van der Waals surface area contributed by atoms with Crippen molar-refractivity contribution in [2.45, 2.75) is 11.3 Å². The topological polar surface area (TPSA) is 87.8 Å². The van der Waals surface area contributed by atoms with Gasteiger partial charge < -0.3 is 14.2 Å². The number of sulfonamides is 1. The molecule has 1 aromatic rings. The van der Waals surface area contributed by atoms with Crippen molar-refractivity contribution in [2.24, 2.45) is 5.14 Å². The summed E-state index contributed by atoms with van der Waals surface area (Å²) in [5, 5.41) is 4.75. The predicted octanol–water partition coefficient (Wildman–Crippen LogP) is 1.04. The molecule has 9 heteroatoms. The SMILES string of the molecule is COCCCOCCOc1ccc(S(N)(=O)=O)c(F)c1F. The normalized spacial score (nSPS) is 11.6. The largest absolute Gasteiger partial charge is 0.488 e. The van der Waals surface area contributed by atoms with Crippen LogP contribution in [0.2, 0.25) is 0 Å². The van der Waals surface area contributed by atoms with Gasteiger partial charge in [0.2, 0.25) is 15.8 Å². The van der Waals surface area contributed by atoms with Crippen LogP contribution in [0.5, 0.6) is 5.75 Å². The number of halogens is 2. The second-order valence-corrected chi connectivity index (χ2v) is 5.57. The molecule has 0 fully saturated rings. The number of rotatable bonds is 9. The van der Waals surface area contributed by atoms with Crippen molar-refractivity contribution in [1.29, 1.82) is 0 Å². The van der Waals surface area contributed by atoms with E-state index in [0.717, 1.165) is 12.1 Å². The smallest absolute Gasteiger partial charge is 0.241 e. The summed E-state index contributed by atoms with van der Waals surface area (Å²) in [6.07, 6.45) is 0.711. The van der Waals surface area contributed by atoms with Crippen LogP contribution in [0.15, 0.2) is 17.0 Å². The van der Waals surface area contributed by atoms with E-state index in [1.54, 1.807) is 7.11 Å². The number of ether oxygens (including phenoxy) is 3. The standard InChI is InChI=1S/C12H17F2NO5S/c1-18-5-2-6-19-7-8-20-9-3-4-10(21(15,16)17)12(14)11(9)13/h3-4H,2,5-8H2,1H3,(H2,15,16,17). The van der Waals surface area contributed by atoms with E-state index in [4.69, 9.17) is 19.3 Å². The number of hydrogen-bond acceptors (Lipinski definition) is 5. The molecule has 1 rings (SSSR count). The van der Waals surface area contributed by atoms with Crippen molar-refractivity contribution >= 4 is 10.0 Å². The molecule has 0 atom stereocenters. The summed E-state index contributed by atoms with van der Waals surface area (Å²) >= 11 is 0. The highest BCUT2D eigenvalue weighted by Gasteiger charge is 2.21. The van der Waals surface area contributed by atoms with Crippen molar-refractivity contribution in [3.63, 3.8) is 0 Å². The average molecular weight is 325 g/mol. The molecule has 0 aromatic heterocycles. The van der Waals surface area contributed by atoms with Gasteiger partial charge in [-0.25, -0.2) is 17.9 Å². The maximum Gasteiger partial charge on any atom is 0.241 e. The summed E-state index contributed by atoms with van der Waals surface area (Å²) in [5.74, 6) is -3.36. The first-order valence-electron chi connectivity index (χ1n) is 6.08. The second kappa shape index (κ2) is 8.23. The molecule has 0 spiro atoms. The summed E-state index contributed by atoms with van der Waals surface area (Å²) in [5.41, 5.74) is 0. The fourth-order valence-electron chi connectivity index (χ4n) is 1.46. The maximum absolute atomic E-state index is 13.6. The molecular weight excluding hydrogens is 308 g/mol. The van der Waals surface area contributed by atoms with Crippen LogP contribution in [0, 0.1) is 11.6 Å². The van der Waals surface area contributed by atoms with Crippen molar-refractivity contribution in [1.82, 2.24) is 0 Å². The van der Waals surface area contributed by atoms with Gasteiger partial charge in [0.05, 0.1) is 6.61 Å². The molecule has 120 valence electrons. The van der Waals surface area contributed by atoms with Crippen LogP contribution in [0.1, 0.15) is 6.42 Å². The molecule has 2 N–H and O–H groups in total. The van der Waals surface area contributed by atoms with E-state index in [-0.39, 0.29) is 13.2 Å². The van der Waals surface area contributed by atoms with Crippen molar-refractivity contribution in [3.05, 3.63) is 23.8 Å². The lowest BCUT2D eigenvalue weighted by molar-refractivity contribution is 0.0794. The van der Waals surface area contributed by atoms with E-state index in [0.29, 0.717) is 19.6 Å². The predicted molar refractivity (Wildman–Crippen MR) is 70.5 cm³/mol. The fourth-order valence-corrected chi connectivity index (χ4v) is 2.06. The summed E-state index contributed by atoms with van der Waals surface area (Å²) in [6, 6.07) is 1.85. The Labute approximate surface area is 121 Å². The summed E-state index contributed by atoms with van der Waals surface area (Å²) in [6.45, 7) is 1.20. The van der Waals surface area contributed by atoms with Crippen LogP contribution < -0.4 is 9.88 Å². The van der Waals surface area contributed by atoms with Crippen LogP contribution in [0.25, 0.3) is 0 Å². The molecule has 0 unspecified atom stereocenters. The van der Waals surface area contributed by atoms with E-state index in [1.807, 2.05) is 0 Å². The van der Waals surface area contributed by atoms with Crippen molar-refractivity contribution in [2.75, 3.05) is 33.5 Å². The zero-order valence-electron chi connectivity index (χ0n) is 11.5. The molecule has 0 heterocycles. The van der Waals surface area contributed by atoms with Crippen LogP contribution in [0.4, 0.5) is 8.78 Å². The third-order valence-corrected chi connectivity index (χ3v) is 3.37. The Bertz CT molecular complexity index is 565. The molecule has 21 heavy (non-hydrogen) atoms. The first-order valence-corrected chi connectivity index (χ1v) is 7.63. The Morgan fingerprint density at radius 2 is 1.81 bits per heavy atom. The van der Waals surface area contributed by atoms with Gasteiger partial charge >= 0.3 is 0 Å². The van der Waals surface area contributed by atoms with Gasteiger partial charge in [0, 0.05) is 20.3 Å². The van der Waals surface area contributed by atoms with E-state index >= 15 is 0 Å². The number of primary sulfonamides is 1. The molecular formula is C12H17F2NO5S. The van der Waals surface area contributed by atoms with Crippen LogP contribution in [-0.4, -0.2) is 42.0 Å². The highest BCUT2D eigenvalue weighted by molar-refractivity contribution is 7.89. The molecule has 0 amide bonds. The van der Waals surface area contributed by atoms with Crippen molar-refractivity contribution < 1.29 is 31.4 Å². The Kier molecular flexibility index (Phi) is 6.96. The van der Waals surface area contributed by atoms with Gasteiger partial charge in [0.25, 0.3) is 0 Å². The Morgan fingerprint density at radius 3 is 2.43 bits per heavy atom. The van der Waals surface area contributed by atoms with E-state index in [9.17, 15) is 17.2 Å². The lowest BCUT2D eigenvalue weighted by atomic mass is 10.3. The van der Waals surface area contributed by atoms with Gasteiger partial charge in [-0.3, -0.25) is 0 Å². The summed E-state index contributed by atoms with van der Waals surface area (Å²) in [7, 11) is -2.74. The molecule has 0 bridgehead atoms. The third kappa shape index (κ3) is 5.54. The molecule has 0 aliphatic heterocycles. The average Bonchev–Trinajstić information content (AvgIpc) is 2.41. The highest BCUT2D eigenvalue weighted by atomic mass is 32.2. The van der Waals surface area contributed by atoms with Gasteiger partial charge in [-0.2, -0.15) is 4.39 Å². The van der Waals surface area contributed by atoms with Gasteiger partial charge in [0.1, 0.15) is 11.5 Å². The Hall–Kier alpha value is -1.29. The maximum atomic E-state index is 13.6. The van der Waals surface area contributed by atoms with Crippen LogP contribution in [-0.2, 0) is 19.5 Å². The molecule has 0 saturated carbocycles. The van der Waals surface area contributed by atoms with Crippen LogP contribution >= 0.6 is 0 Å². The van der Waals surface area contributed by atoms with Gasteiger partial charge in [-0.05, 0) is 18.6 Å². The Balaban J connectivity index is 2.52. The summed E-state index contributed by atoms with van der Waals surface area (Å²) < 4.78 is 64.1. The van der Waals surface area contributed by atoms with Crippen molar-refractivity contribution in [3.8, 4) is 5.75 Å². The molecule has 0 aliphatic carbocycles. The molecule has 0 aliphatic rings. The zero-order chi connectivity index (χ0) is 15.9. The molecule has 0 saturated heterocycles. The Morgan fingerprint density at radius 1 is 1.10 bits per heavy atom. The monoisotopic (exact) mass is 325 g/mol. The molecule has 1 aromatic carbocycles. The molecule has 6 nitrogen and oxygen atoms in total. The highest BCUT2D eigenvalue weighted by Crippen LogP contribution is 2.24. The zero-order valence-corrected chi connectivity index (χ0v) is 12.3. The van der Waals surface area contributed by atoms with E-state index < -0.39 is 32.3 Å². The number of hydrogen-bond donors (Lipinski definition) is 1. The first-order chi connectivity index (χ1) is 9.88. The fraction of sp³-hybridized carbons (Fsp3) is 0.500. The second-order valence-electron chi connectivity index (χ2n) is 4.04. The van der Waals surface area contributed by atoms with E-state index in [1.165, 1.54) is 0 Å². The van der Waals surface area contributed by atoms with E-state index in [2.05, 4.69) is 0 Å². The quantitative estimate of drug-likeness (QED) is 0.686. The minimum Gasteiger partial charge on any atom is -0.488 e. The molecule has 0 radical (unpaired) electrons. The first kappa shape index (κ1) is 17.8. The van der Waals surface area contributed by atoms with Crippen LogP contribution in [0.3, 0.4) is 0 Å². The number of nitrogens with two attached hydrogens (primary N) is 1. The minimum absolute atomic E-state index is 0.00192. The minimum atomic E-state index is -4.32. The van der Waals surface area contributed by atoms with Gasteiger partial charge in [-0.15, -0.1) is 0 Å². The van der Waals surface area contributed by atoms with Gasteiger partial charge in [0.15, 0.2) is 11.6 Å². The summed E-state index contributed by atoms with van der Waals surface area (Å²) in [4.78, 5) is -0.914. The lowest BCUT2D eigenvalue weighted by Gasteiger charge is -2.09. The third-order valence-electron chi connectivity index (χ3n) is 2.44. The number of methoxy groups -OCH3 is 1. The number of benzene rings is 1. The lowest BCUT2D eigenvalue weighted by Crippen LogP contribution is -2.16.